The molecule has 0 unspecified atom stereocenters. The molecule has 5 nitrogen and oxygen atoms in total. The number of rotatable bonds is 6. The predicted molar refractivity (Wildman–Crippen MR) is 122 cm³/mol. The molecule has 1 amide bonds. The van der Waals surface area contributed by atoms with E-state index >= 15 is 0 Å². The highest BCUT2D eigenvalue weighted by Crippen LogP contribution is 2.36. The van der Waals surface area contributed by atoms with Crippen LogP contribution in [0.1, 0.15) is 35.3 Å². The zero-order chi connectivity index (χ0) is 21.8. The second kappa shape index (κ2) is 8.88. The zero-order valence-electron chi connectivity index (χ0n) is 17.5. The SMILES string of the molecule is CC[C@H](NC(=O)c1c(O)c(-c2ccc(OC)cc2)nc2ccccc12)c1ccccc1. The van der Waals surface area contributed by atoms with E-state index in [0.29, 0.717) is 27.9 Å². The van der Waals surface area contributed by atoms with Crippen LogP contribution >= 0.6 is 0 Å². The molecule has 1 aromatic heterocycles. The van der Waals surface area contributed by atoms with E-state index in [2.05, 4.69) is 10.3 Å². The summed E-state index contributed by atoms with van der Waals surface area (Å²) in [5.41, 5.74) is 2.95. The van der Waals surface area contributed by atoms with Crippen molar-refractivity contribution in [2.24, 2.45) is 0 Å². The molecule has 0 aliphatic carbocycles. The molecule has 0 spiro atoms. The molecule has 0 fully saturated rings. The van der Waals surface area contributed by atoms with Crippen molar-refractivity contribution in [3.63, 3.8) is 0 Å². The molecule has 2 N–H and O–H groups in total. The summed E-state index contributed by atoms with van der Waals surface area (Å²) in [6, 6.07) is 24.2. The van der Waals surface area contributed by atoms with E-state index in [0.717, 1.165) is 12.0 Å². The normalized spacial score (nSPS) is 11.8. The average Bonchev–Trinajstić information content (AvgIpc) is 2.82. The van der Waals surface area contributed by atoms with Crippen LogP contribution in [0.25, 0.3) is 22.2 Å². The lowest BCUT2D eigenvalue weighted by molar-refractivity contribution is 0.0934. The summed E-state index contributed by atoms with van der Waals surface area (Å²) in [6.07, 6.45) is 0.727. The number of benzene rings is 3. The zero-order valence-corrected chi connectivity index (χ0v) is 17.5. The van der Waals surface area contributed by atoms with Crippen LogP contribution < -0.4 is 10.1 Å². The highest BCUT2D eigenvalue weighted by atomic mass is 16.5. The van der Waals surface area contributed by atoms with Gasteiger partial charge in [-0.3, -0.25) is 4.79 Å². The largest absolute Gasteiger partial charge is 0.505 e. The lowest BCUT2D eigenvalue weighted by Gasteiger charge is -2.19. The highest BCUT2D eigenvalue weighted by Gasteiger charge is 2.23. The monoisotopic (exact) mass is 412 g/mol. The maximum Gasteiger partial charge on any atom is 0.256 e. The Hall–Kier alpha value is -3.86. The molecule has 156 valence electrons. The van der Waals surface area contributed by atoms with Gasteiger partial charge in [-0.25, -0.2) is 4.98 Å². The Morgan fingerprint density at radius 3 is 2.35 bits per heavy atom. The Bertz CT molecular complexity index is 1200. The molecule has 4 rings (SSSR count). The maximum absolute atomic E-state index is 13.4. The fourth-order valence-corrected chi connectivity index (χ4v) is 3.72. The number of fused-ring (bicyclic) bond motifs is 1. The lowest BCUT2D eigenvalue weighted by atomic mass is 10.00. The molecule has 0 radical (unpaired) electrons. The summed E-state index contributed by atoms with van der Waals surface area (Å²) >= 11 is 0. The smallest absolute Gasteiger partial charge is 0.256 e. The number of aromatic hydroxyl groups is 1. The van der Waals surface area contributed by atoms with E-state index in [4.69, 9.17) is 4.74 Å². The number of hydrogen-bond donors (Lipinski definition) is 2. The van der Waals surface area contributed by atoms with E-state index in [1.165, 1.54) is 0 Å². The molecule has 4 aromatic rings. The number of nitrogens with zero attached hydrogens (tertiary/aromatic N) is 1. The second-order valence-corrected chi connectivity index (χ2v) is 7.27. The number of carbonyl (C=O) groups excluding carboxylic acids is 1. The van der Waals surface area contributed by atoms with Crippen molar-refractivity contribution in [2.75, 3.05) is 7.11 Å². The number of nitrogens with one attached hydrogen (secondary N) is 1. The molecule has 1 atom stereocenters. The van der Waals surface area contributed by atoms with Gasteiger partial charge in [-0.1, -0.05) is 55.5 Å². The van der Waals surface area contributed by atoms with Crippen molar-refractivity contribution in [1.29, 1.82) is 0 Å². The third-order valence-corrected chi connectivity index (χ3v) is 5.37. The van der Waals surface area contributed by atoms with Gasteiger partial charge in [-0.15, -0.1) is 0 Å². The number of methoxy groups -OCH3 is 1. The molecule has 31 heavy (non-hydrogen) atoms. The molecule has 0 saturated carbocycles. The summed E-state index contributed by atoms with van der Waals surface area (Å²) in [5, 5.41) is 14.8. The number of ether oxygens (including phenoxy) is 1. The van der Waals surface area contributed by atoms with Gasteiger partial charge < -0.3 is 15.2 Å². The third-order valence-electron chi connectivity index (χ3n) is 5.37. The molecular formula is C26H24N2O3. The quantitative estimate of drug-likeness (QED) is 0.439. The molecule has 0 saturated heterocycles. The number of hydrogen-bond acceptors (Lipinski definition) is 4. The van der Waals surface area contributed by atoms with Gasteiger partial charge in [0.05, 0.1) is 24.2 Å². The van der Waals surface area contributed by atoms with E-state index in [9.17, 15) is 9.90 Å². The van der Waals surface area contributed by atoms with Crippen LogP contribution in [0.4, 0.5) is 0 Å². The minimum absolute atomic E-state index is 0.135. The molecule has 1 heterocycles. The van der Waals surface area contributed by atoms with Gasteiger partial charge in [-0.05, 0) is 42.3 Å². The molecule has 3 aromatic carbocycles. The molecule has 0 aliphatic heterocycles. The third kappa shape index (κ3) is 4.08. The first-order chi connectivity index (χ1) is 15.1. The topological polar surface area (TPSA) is 71.5 Å². The van der Waals surface area contributed by atoms with Crippen LogP contribution in [-0.4, -0.2) is 23.1 Å². The van der Waals surface area contributed by atoms with Crippen LogP contribution in [0.2, 0.25) is 0 Å². The fraction of sp³-hybridized carbons (Fsp3) is 0.154. The van der Waals surface area contributed by atoms with E-state index < -0.39 is 0 Å². The molecule has 5 heteroatoms. The number of para-hydroxylation sites is 1. The average molecular weight is 412 g/mol. The highest BCUT2D eigenvalue weighted by molar-refractivity contribution is 6.10. The van der Waals surface area contributed by atoms with Crippen molar-refractivity contribution in [1.82, 2.24) is 10.3 Å². The van der Waals surface area contributed by atoms with Crippen molar-refractivity contribution < 1.29 is 14.6 Å². The summed E-state index contributed by atoms with van der Waals surface area (Å²) in [6.45, 7) is 2.02. The van der Waals surface area contributed by atoms with Crippen LogP contribution in [0.15, 0.2) is 78.9 Å². The minimum Gasteiger partial charge on any atom is -0.505 e. The van der Waals surface area contributed by atoms with Crippen molar-refractivity contribution in [3.05, 3.63) is 90.0 Å². The van der Waals surface area contributed by atoms with Crippen molar-refractivity contribution in [3.8, 4) is 22.8 Å². The summed E-state index contributed by atoms with van der Waals surface area (Å²) in [4.78, 5) is 18.0. The first-order valence-electron chi connectivity index (χ1n) is 10.2. The van der Waals surface area contributed by atoms with Crippen LogP contribution in [0, 0.1) is 0 Å². The maximum atomic E-state index is 13.4. The summed E-state index contributed by atoms with van der Waals surface area (Å²) in [5.74, 6) is 0.237. The van der Waals surface area contributed by atoms with Gasteiger partial charge >= 0.3 is 0 Å². The van der Waals surface area contributed by atoms with Crippen molar-refractivity contribution >= 4 is 16.8 Å². The minimum atomic E-state index is -0.332. The summed E-state index contributed by atoms with van der Waals surface area (Å²) in [7, 11) is 1.60. The summed E-state index contributed by atoms with van der Waals surface area (Å²) < 4.78 is 5.22. The Labute approximate surface area is 181 Å². The predicted octanol–water partition coefficient (Wildman–Crippen LogP) is 5.50. The standard InChI is InChI=1S/C26H24N2O3/c1-3-21(17-9-5-4-6-10-17)28-26(30)23-20-11-7-8-12-22(20)27-24(25(23)29)18-13-15-19(31-2)16-14-18/h4-16,21,29H,3H2,1-2H3,(H,28,30)/t21-/m0/s1. The number of aromatic nitrogens is 1. The van der Waals surface area contributed by atoms with E-state index in [1.54, 1.807) is 25.3 Å². The Morgan fingerprint density at radius 1 is 1.00 bits per heavy atom. The van der Waals surface area contributed by atoms with Gasteiger partial charge in [0.2, 0.25) is 0 Å². The first-order valence-corrected chi connectivity index (χ1v) is 10.2. The molecule has 0 bridgehead atoms. The van der Waals surface area contributed by atoms with Gasteiger partial charge in [-0.2, -0.15) is 0 Å². The van der Waals surface area contributed by atoms with Crippen LogP contribution in [0.3, 0.4) is 0 Å². The number of pyridine rings is 1. The first kappa shape index (κ1) is 20.4. The van der Waals surface area contributed by atoms with Gasteiger partial charge in [0.15, 0.2) is 5.75 Å². The fourth-order valence-electron chi connectivity index (χ4n) is 3.72. The van der Waals surface area contributed by atoms with E-state index in [1.807, 2.05) is 67.6 Å². The molecule has 0 aliphatic rings. The Balaban J connectivity index is 1.80. The van der Waals surface area contributed by atoms with Crippen LogP contribution in [-0.2, 0) is 0 Å². The number of amides is 1. The lowest BCUT2D eigenvalue weighted by Crippen LogP contribution is -2.28. The molecular weight excluding hydrogens is 388 g/mol. The second-order valence-electron chi connectivity index (χ2n) is 7.27. The van der Waals surface area contributed by atoms with Crippen LogP contribution in [0.5, 0.6) is 11.5 Å². The Morgan fingerprint density at radius 2 is 1.68 bits per heavy atom. The number of carbonyl (C=O) groups is 1. The van der Waals surface area contributed by atoms with E-state index in [-0.39, 0.29) is 23.3 Å². The Kier molecular flexibility index (Phi) is 5.85. The van der Waals surface area contributed by atoms with Gasteiger partial charge in [0, 0.05) is 10.9 Å². The van der Waals surface area contributed by atoms with Crippen molar-refractivity contribution in [2.45, 2.75) is 19.4 Å². The van der Waals surface area contributed by atoms with Gasteiger partial charge in [0.25, 0.3) is 5.91 Å². The van der Waals surface area contributed by atoms with Gasteiger partial charge in [0.1, 0.15) is 11.4 Å².